The van der Waals surface area contributed by atoms with Crippen LogP contribution in [0.4, 0.5) is 0 Å². The van der Waals surface area contributed by atoms with E-state index in [1.165, 1.54) is 0 Å². The summed E-state index contributed by atoms with van der Waals surface area (Å²) in [5.41, 5.74) is 3.39. The molecule has 1 spiro atoms. The lowest BCUT2D eigenvalue weighted by Gasteiger charge is -2.44. The maximum atomic E-state index is 12.9. The predicted molar refractivity (Wildman–Crippen MR) is 108 cm³/mol. The van der Waals surface area contributed by atoms with Crippen LogP contribution in [0.25, 0.3) is 11.3 Å². The van der Waals surface area contributed by atoms with E-state index >= 15 is 0 Å². The van der Waals surface area contributed by atoms with Crippen molar-refractivity contribution in [2.45, 2.75) is 18.4 Å². The molecule has 0 radical (unpaired) electrons. The summed E-state index contributed by atoms with van der Waals surface area (Å²) in [6.07, 6.45) is 3.35. The topological polar surface area (TPSA) is 47.4 Å². The maximum absolute atomic E-state index is 12.9. The third kappa shape index (κ3) is 2.53. The number of carbonyl (C=O) groups is 1. The van der Waals surface area contributed by atoms with Gasteiger partial charge in [-0.05, 0) is 24.3 Å². The summed E-state index contributed by atoms with van der Waals surface area (Å²) in [5, 5.41) is 4.99. The fourth-order valence-corrected chi connectivity index (χ4v) is 4.57. The Bertz CT molecular complexity index is 1070. The van der Waals surface area contributed by atoms with E-state index in [1.54, 1.807) is 12.1 Å². The van der Waals surface area contributed by atoms with Gasteiger partial charge in [0.1, 0.15) is 11.4 Å². The summed E-state index contributed by atoms with van der Waals surface area (Å²) >= 11 is 6.22. The first-order valence-corrected chi connectivity index (χ1v) is 9.81. The molecular formula is C22H20ClN3O2. The molecule has 2 aliphatic heterocycles. The number of aromatic nitrogens is 2. The number of ether oxygens (including phenoxy) is 1. The van der Waals surface area contributed by atoms with Crippen molar-refractivity contribution in [2.75, 3.05) is 13.1 Å². The number of aryl methyl sites for hydroxylation is 1. The van der Waals surface area contributed by atoms with Gasteiger partial charge in [-0.15, -0.1) is 0 Å². The number of rotatable bonds is 1. The normalized spacial score (nSPS) is 17.0. The summed E-state index contributed by atoms with van der Waals surface area (Å²) in [4.78, 5) is 14.8. The Labute approximate surface area is 168 Å². The Morgan fingerprint density at radius 1 is 1.11 bits per heavy atom. The number of benzene rings is 2. The van der Waals surface area contributed by atoms with Gasteiger partial charge in [0.25, 0.3) is 5.91 Å². The molecule has 0 saturated carbocycles. The van der Waals surface area contributed by atoms with Gasteiger partial charge in [0.05, 0.1) is 22.5 Å². The lowest BCUT2D eigenvalue weighted by Crippen LogP contribution is -2.49. The largest absolute Gasteiger partial charge is 0.482 e. The minimum atomic E-state index is -0.449. The van der Waals surface area contributed by atoms with Crippen molar-refractivity contribution in [2.24, 2.45) is 7.05 Å². The molecule has 5 rings (SSSR count). The van der Waals surface area contributed by atoms with E-state index in [4.69, 9.17) is 16.3 Å². The fourth-order valence-electron chi connectivity index (χ4n) is 4.35. The number of hydrogen-bond acceptors (Lipinski definition) is 3. The second-order valence-corrected chi connectivity index (χ2v) is 7.80. The van der Waals surface area contributed by atoms with E-state index in [0.717, 1.165) is 35.4 Å². The summed E-state index contributed by atoms with van der Waals surface area (Å²) in [5.74, 6) is 0.854. The molecule has 0 bridgehead atoms. The monoisotopic (exact) mass is 393 g/mol. The number of para-hydroxylation sites is 1. The van der Waals surface area contributed by atoms with Crippen LogP contribution in [0.15, 0.2) is 54.7 Å². The smallest absolute Gasteiger partial charge is 0.255 e. The molecule has 6 heteroatoms. The summed E-state index contributed by atoms with van der Waals surface area (Å²) < 4.78 is 8.46. The van der Waals surface area contributed by atoms with Gasteiger partial charge in [-0.2, -0.15) is 5.10 Å². The van der Waals surface area contributed by atoms with Gasteiger partial charge in [0.2, 0.25) is 0 Å². The first kappa shape index (κ1) is 17.3. The quantitative estimate of drug-likeness (QED) is 0.620. The van der Waals surface area contributed by atoms with Crippen molar-refractivity contribution in [1.29, 1.82) is 0 Å². The number of hydrogen-bond donors (Lipinski definition) is 0. The van der Waals surface area contributed by atoms with Gasteiger partial charge in [0, 0.05) is 44.1 Å². The van der Waals surface area contributed by atoms with Crippen molar-refractivity contribution >= 4 is 17.5 Å². The zero-order chi connectivity index (χ0) is 19.3. The number of halogens is 1. The van der Waals surface area contributed by atoms with Crippen LogP contribution < -0.4 is 4.74 Å². The number of amides is 1. The second-order valence-electron chi connectivity index (χ2n) is 7.40. The van der Waals surface area contributed by atoms with Crippen LogP contribution in [0.2, 0.25) is 5.02 Å². The lowest BCUT2D eigenvalue weighted by molar-refractivity contribution is -0.00171. The van der Waals surface area contributed by atoms with Crippen molar-refractivity contribution in [3.05, 3.63) is 70.9 Å². The van der Waals surface area contributed by atoms with E-state index in [-0.39, 0.29) is 5.91 Å². The van der Waals surface area contributed by atoms with Crippen LogP contribution in [0.3, 0.4) is 0 Å². The maximum Gasteiger partial charge on any atom is 0.255 e. The Morgan fingerprint density at radius 3 is 2.61 bits per heavy atom. The molecule has 0 atom stereocenters. The Balaban J connectivity index is 1.45. The van der Waals surface area contributed by atoms with Crippen molar-refractivity contribution in [1.82, 2.24) is 14.7 Å². The molecule has 142 valence electrons. The van der Waals surface area contributed by atoms with Crippen molar-refractivity contribution in [3.8, 4) is 17.0 Å². The molecular weight excluding hydrogens is 374 g/mol. The van der Waals surface area contributed by atoms with E-state index < -0.39 is 5.60 Å². The predicted octanol–water partition coefficient (Wildman–Crippen LogP) is 4.26. The van der Waals surface area contributed by atoms with Crippen LogP contribution in [0.5, 0.6) is 5.75 Å². The van der Waals surface area contributed by atoms with Crippen LogP contribution in [-0.2, 0) is 12.6 Å². The minimum absolute atomic E-state index is 0.0249. The molecule has 2 aliphatic rings. The number of piperidine rings is 1. The highest BCUT2D eigenvalue weighted by Gasteiger charge is 2.45. The van der Waals surface area contributed by atoms with Gasteiger partial charge in [0.15, 0.2) is 0 Å². The molecule has 1 fully saturated rings. The highest BCUT2D eigenvalue weighted by atomic mass is 35.5. The van der Waals surface area contributed by atoms with E-state index in [2.05, 4.69) is 11.2 Å². The Hall–Kier alpha value is -2.79. The highest BCUT2D eigenvalue weighted by Crippen LogP contribution is 2.49. The van der Waals surface area contributed by atoms with Crippen molar-refractivity contribution < 1.29 is 9.53 Å². The molecule has 3 aromatic rings. The average molecular weight is 394 g/mol. The van der Waals surface area contributed by atoms with Gasteiger partial charge in [-0.25, -0.2) is 0 Å². The summed E-state index contributed by atoms with van der Waals surface area (Å²) in [6, 6.07) is 15.3. The third-order valence-electron chi connectivity index (χ3n) is 5.84. The van der Waals surface area contributed by atoms with Gasteiger partial charge < -0.3 is 9.64 Å². The highest BCUT2D eigenvalue weighted by molar-refractivity contribution is 6.33. The van der Waals surface area contributed by atoms with Crippen LogP contribution in [0.1, 0.15) is 28.8 Å². The lowest BCUT2D eigenvalue weighted by atomic mass is 9.81. The number of likely N-dealkylation sites (tertiary alicyclic amines) is 1. The van der Waals surface area contributed by atoms with Gasteiger partial charge >= 0.3 is 0 Å². The van der Waals surface area contributed by atoms with Gasteiger partial charge in [-0.3, -0.25) is 9.48 Å². The molecule has 1 amide bonds. The second kappa shape index (κ2) is 6.38. The first-order valence-electron chi connectivity index (χ1n) is 9.44. The molecule has 2 aromatic carbocycles. The van der Waals surface area contributed by atoms with Gasteiger partial charge in [-0.1, -0.05) is 35.9 Å². The summed E-state index contributed by atoms with van der Waals surface area (Å²) in [6.45, 7) is 1.22. The molecule has 28 heavy (non-hydrogen) atoms. The van der Waals surface area contributed by atoms with E-state index in [1.807, 2.05) is 53.2 Å². The average Bonchev–Trinajstić information content (AvgIpc) is 3.12. The summed E-state index contributed by atoms with van der Waals surface area (Å²) in [7, 11) is 1.96. The standard InChI is InChI=1S/C22H20ClN3O2/c1-25-20-16-7-3-5-9-19(16)28-22(17(20)14-24-25)10-12-26(13-11-22)21(27)15-6-2-4-8-18(15)23/h2-9,14H,10-13H2,1H3. The fraction of sp³-hybridized carbons (Fsp3) is 0.273. The van der Waals surface area contributed by atoms with Crippen molar-refractivity contribution in [3.63, 3.8) is 0 Å². The zero-order valence-corrected chi connectivity index (χ0v) is 16.3. The van der Waals surface area contributed by atoms with Crippen LogP contribution >= 0.6 is 11.6 Å². The van der Waals surface area contributed by atoms with Crippen LogP contribution in [0, 0.1) is 0 Å². The molecule has 1 saturated heterocycles. The molecule has 0 N–H and O–H groups in total. The van der Waals surface area contributed by atoms with E-state index in [0.29, 0.717) is 23.7 Å². The van der Waals surface area contributed by atoms with Crippen LogP contribution in [-0.4, -0.2) is 33.7 Å². The van der Waals surface area contributed by atoms with E-state index in [9.17, 15) is 4.79 Å². The third-order valence-corrected chi connectivity index (χ3v) is 6.17. The number of fused-ring (bicyclic) bond motifs is 4. The molecule has 5 nitrogen and oxygen atoms in total. The molecule has 3 heterocycles. The number of nitrogens with zero attached hydrogens (tertiary/aromatic N) is 3. The Kier molecular flexibility index (Phi) is 3.95. The Morgan fingerprint density at radius 2 is 1.82 bits per heavy atom. The molecule has 0 aliphatic carbocycles. The number of carbonyl (C=O) groups excluding carboxylic acids is 1. The zero-order valence-electron chi connectivity index (χ0n) is 15.6. The first-order chi connectivity index (χ1) is 13.6. The molecule has 1 aromatic heterocycles. The SMILES string of the molecule is Cn1ncc2c1-c1ccccc1OC21CCN(C(=O)c2ccccc2Cl)CC1. The minimum Gasteiger partial charge on any atom is -0.482 e. The molecule has 0 unspecified atom stereocenters.